The van der Waals surface area contributed by atoms with Gasteiger partial charge in [-0.15, -0.1) is 10.2 Å². The molecule has 140 valence electrons. The summed E-state index contributed by atoms with van der Waals surface area (Å²) in [4.78, 5) is 16.4. The number of carbonyl (C=O) groups excluding carboxylic acids is 1. The van der Waals surface area contributed by atoms with Crippen LogP contribution in [0.5, 0.6) is 5.75 Å². The molecule has 0 bridgehead atoms. The minimum atomic E-state index is -0.607. The Morgan fingerprint density at radius 3 is 2.81 bits per heavy atom. The molecule has 27 heavy (non-hydrogen) atoms. The summed E-state index contributed by atoms with van der Waals surface area (Å²) in [5.41, 5.74) is 6.51. The number of benzene rings is 2. The van der Waals surface area contributed by atoms with Crippen LogP contribution in [0.15, 0.2) is 36.4 Å². The maximum absolute atomic E-state index is 13.2. The third-order valence-electron chi connectivity index (χ3n) is 3.44. The molecule has 1 aromatic heterocycles. The second kappa shape index (κ2) is 8.56. The number of urea groups is 1. The van der Waals surface area contributed by atoms with Gasteiger partial charge in [0.25, 0.3) is 5.95 Å². The quantitative estimate of drug-likeness (QED) is 0.557. The molecular formula is C17H16ClFN6O2. The first-order chi connectivity index (χ1) is 13.0. The van der Waals surface area contributed by atoms with Gasteiger partial charge in [-0.25, -0.2) is 14.2 Å². The molecule has 0 saturated carbocycles. The van der Waals surface area contributed by atoms with Crippen LogP contribution in [0.25, 0.3) is 11.0 Å². The zero-order chi connectivity index (χ0) is 19.2. The number of nitrogens with two attached hydrogens (primary N) is 1. The molecule has 0 saturated heterocycles. The van der Waals surface area contributed by atoms with Gasteiger partial charge in [-0.3, -0.25) is 5.32 Å². The summed E-state index contributed by atoms with van der Waals surface area (Å²) in [5.74, 6) is -0.0181. The SMILES string of the molecule is NCCCOc1ccc(Cl)cc1NC(=O)Nc1nnc2cc(F)ccc2n1. The van der Waals surface area contributed by atoms with Crippen molar-refractivity contribution in [2.24, 2.45) is 5.73 Å². The van der Waals surface area contributed by atoms with Crippen LogP contribution in [0.2, 0.25) is 5.02 Å². The number of amides is 2. The van der Waals surface area contributed by atoms with E-state index in [0.717, 1.165) is 0 Å². The van der Waals surface area contributed by atoms with Crippen LogP contribution in [0, 0.1) is 5.82 Å². The highest BCUT2D eigenvalue weighted by Gasteiger charge is 2.11. The van der Waals surface area contributed by atoms with Crippen molar-refractivity contribution in [1.29, 1.82) is 0 Å². The number of nitrogens with one attached hydrogen (secondary N) is 2. The van der Waals surface area contributed by atoms with E-state index < -0.39 is 11.8 Å². The summed E-state index contributed by atoms with van der Waals surface area (Å²) in [6.45, 7) is 0.899. The molecule has 2 amide bonds. The highest BCUT2D eigenvalue weighted by atomic mass is 35.5. The fraction of sp³-hybridized carbons (Fsp3) is 0.176. The maximum Gasteiger partial charge on any atom is 0.326 e. The van der Waals surface area contributed by atoms with E-state index in [9.17, 15) is 9.18 Å². The lowest BCUT2D eigenvalue weighted by molar-refractivity contribution is 0.261. The maximum atomic E-state index is 13.2. The van der Waals surface area contributed by atoms with Gasteiger partial charge in [-0.2, -0.15) is 0 Å². The molecule has 2 aromatic carbocycles. The van der Waals surface area contributed by atoms with Gasteiger partial charge in [0.05, 0.1) is 17.8 Å². The molecule has 10 heteroatoms. The third-order valence-corrected chi connectivity index (χ3v) is 3.67. The van der Waals surface area contributed by atoms with Crippen LogP contribution in [0.3, 0.4) is 0 Å². The van der Waals surface area contributed by atoms with Crippen molar-refractivity contribution in [3.8, 4) is 5.75 Å². The summed E-state index contributed by atoms with van der Waals surface area (Å²) in [6.07, 6.45) is 0.672. The minimum Gasteiger partial charge on any atom is -0.491 e. The van der Waals surface area contributed by atoms with Crippen molar-refractivity contribution in [3.63, 3.8) is 0 Å². The number of nitrogens with zero attached hydrogens (tertiary/aromatic N) is 3. The Balaban J connectivity index is 1.72. The van der Waals surface area contributed by atoms with Crippen LogP contribution in [-0.4, -0.2) is 34.4 Å². The molecular weight excluding hydrogens is 375 g/mol. The molecule has 0 aliphatic rings. The van der Waals surface area contributed by atoms with E-state index in [1.54, 1.807) is 18.2 Å². The van der Waals surface area contributed by atoms with Crippen LogP contribution in [0.1, 0.15) is 6.42 Å². The van der Waals surface area contributed by atoms with Crippen LogP contribution < -0.4 is 21.1 Å². The second-order valence-electron chi connectivity index (χ2n) is 5.48. The topological polar surface area (TPSA) is 115 Å². The zero-order valence-corrected chi connectivity index (χ0v) is 14.8. The number of anilines is 2. The third kappa shape index (κ3) is 4.99. The average Bonchev–Trinajstić information content (AvgIpc) is 2.64. The molecule has 0 aliphatic carbocycles. The van der Waals surface area contributed by atoms with Gasteiger partial charge < -0.3 is 15.8 Å². The molecule has 0 spiro atoms. The average molecular weight is 391 g/mol. The Hall–Kier alpha value is -3.04. The molecule has 0 atom stereocenters. The van der Waals surface area contributed by atoms with E-state index in [2.05, 4.69) is 25.8 Å². The normalized spacial score (nSPS) is 10.6. The number of rotatable bonds is 6. The molecule has 8 nitrogen and oxygen atoms in total. The van der Waals surface area contributed by atoms with Crippen LogP contribution in [0.4, 0.5) is 20.8 Å². The molecule has 0 aliphatic heterocycles. The van der Waals surface area contributed by atoms with Crippen LogP contribution in [-0.2, 0) is 0 Å². The van der Waals surface area contributed by atoms with Crippen LogP contribution >= 0.6 is 11.6 Å². The van der Waals surface area contributed by atoms with E-state index in [-0.39, 0.29) is 11.5 Å². The highest BCUT2D eigenvalue weighted by molar-refractivity contribution is 6.31. The Labute approximate surface area is 158 Å². The predicted molar refractivity (Wildman–Crippen MR) is 101 cm³/mol. The lowest BCUT2D eigenvalue weighted by Gasteiger charge is -2.13. The van der Waals surface area contributed by atoms with E-state index in [4.69, 9.17) is 22.1 Å². The van der Waals surface area contributed by atoms with Crippen molar-refractivity contribution in [2.45, 2.75) is 6.42 Å². The summed E-state index contributed by atoms with van der Waals surface area (Å²) in [6, 6.07) is 8.15. The van der Waals surface area contributed by atoms with Gasteiger partial charge in [0.2, 0.25) is 0 Å². The first-order valence-corrected chi connectivity index (χ1v) is 8.43. The number of fused-ring (bicyclic) bond motifs is 1. The van der Waals surface area contributed by atoms with E-state index in [0.29, 0.717) is 41.5 Å². The minimum absolute atomic E-state index is 0.0285. The Kier molecular flexibility index (Phi) is 5.94. The molecule has 1 heterocycles. The number of carbonyl (C=O) groups is 1. The Morgan fingerprint density at radius 2 is 2.00 bits per heavy atom. The summed E-state index contributed by atoms with van der Waals surface area (Å²) in [7, 11) is 0. The lowest BCUT2D eigenvalue weighted by atomic mass is 10.3. The first kappa shape index (κ1) is 18.7. The number of hydrogen-bond acceptors (Lipinski definition) is 6. The number of aromatic nitrogens is 3. The number of ether oxygens (including phenoxy) is 1. The predicted octanol–water partition coefficient (Wildman–Crippen LogP) is 3.19. The molecule has 3 rings (SSSR count). The van der Waals surface area contributed by atoms with E-state index >= 15 is 0 Å². The molecule has 0 fully saturated rings. The Bertz CT molecular complexity index is 971. The highest BCUT2D eigenvalue weighted by Crippen LogP contribution is 2.28. The van der Waals surface area contributed by atoms with Gasteiger partial charge in [-0.05, 0) is 43.3 Å². The molecule has 3 aromatic rings. The number of halogens is 2. The van der Waals surface area contributed by atoms with Crippen molar-refractivity contribution in [1.82, 2.24) is 15.2 Å². The van der Waals surface area contributed by atoms with Crippen molar-refractivity contribution < 1.29 is 13.9 Å². The van der Waals surface area contributed by atoms with Gasteiger partial charge in [0.15, 0.2) is 0 Å². The van der Waals surface area contributed by atoms with Crippen molar-refractivity contribution in [2.75, 3.05) is 23.8 Å². The van der Waals surface area contributed by atoms with Gasteiger partial charge in [-0.1, -0.05) is 11.6 Å². The number of hydrogen-bond donors (Lipinski definition) is 3. The summed E-state index contributed by atoms with van der Waals surface area (Å²) >= 11 is 5.99. The largest absolute Gasteiger partial charge is 0.491 e. The molecule has 4 N–H and O–H groups in total. The fourth-order valence-electron chi connectivity index (χ4n) is 2.21. The van der Waals surface area contributed by atoms with Crippen molar-refractivity contribution in [3.05, 3.63) is 47.2 Å². The smallest absolute Gasteiger partial charge is 0.326 e. The Morgan fingerprint density at radius 1 is 1.15 bits per heavy atom. The molecule has 0 radical (unpaired) electrons. The lowest BCUT2D eigenvalue weighted by Crippen LogP contribution is -2.21. The summed E-state index contributed by atoms with van der Waals surface area (Å²) in [5, 5.41) is 13.1. The fourth-order valence-corrected chi connectivity index (χ4v) is 2.38. The van der Waals surface area contributed by atoms with Gasteiger partial charge in [0, 0.05) is 11.1 Å². The summed E-state index contributed by atoms with van der Waals surface area (Å²) < 4.78 is 18.8. The van der Waals surface area contributed by atoms with E-state index in [1.165, 1.54) is 18.2 Å². The molecule has 0 unspecified atom stereocenters. The van der Waals surface area contributed by atoms with Crippen molar-refractivity contribution >= 4 is 40.3 Å². The van der Waals surface area contributed by atoms with Gasteiger partial charge in [0.1, 0.15) is 17.1 Å². The first-order valence-electron chi connectivity index (χ1n) is 8.05. The van der Waals surface area contributed by atoms with Gasteiger partial charge >= 0.3 is 6.03 Å². The zero-order valence-electron chi connectivity index (χ0n) is 14.1. The standard InChI is InChI=1S/C17H16ClFN6O2/c18-10-2-5-15(27-7-1-6-20)14(8-10)22-17(26)23-16-21-12-4-3-11(19)9-13(12)24-25-16/h2-5,8-9H,1,6-7,20H2,(H2,21,22,23,25,26). The second-order valence-corrected chi connectivity index (χ2v) is 5.92. The van der Waals surface area contributed by atoms with E-state index in [1.807, 2.05) is 0 Å². The monoisotopic (exact) mass is 390 g/mol.